The third-order valence-electron chi connectivity index (χ3n) is 2.10. The van der Waals surface area contributed by atoms with Crippen molar-refractivity contribution < 1.29 is 0 Å². The summed E-state index contributed by atoms with van der Waals surface area (Å²) in [6.07, 6.45) is 1.72. The van der Waals surface area contributed by atoms with Crippen molar-refractivity contribution in [2.75, 3.05) is 0 Å². The monoisotopic (exact) mass is 184 g/mol. The van der Waals surface area contributed by atoms with Crippen molar-refractivity contribution >= 4 is 6.20 Å². The molecule has 70 valence electrons. The zero-order chi connectivity index (χ0) is 9.97. The van der Waals surface area contributed by atoms with Crippen molar-refractivity contribution in [2.45, 2.75) is 6.92 Å². The highest BCUT2D eigenvalue weighted by atomic mass is 15.3. The van der Waals surface area contributed by atoms with E-state index in [0.29, 0.717) is 0 Å². The third kappa shape index (κ3) is 1.46. The Hall–Kier alpha value is -1.83. The van der Waals surface area contributed by atoms with Gasteiger partial charge in [0.25, 0.3) is 0 Å². The molecular formula is C12H12N2. The van der Waals surface area contributed by atoms with Gasteiger partial charge in [-0.3, -0.25) is 0 Å². The van der Waals surface area contributed by atoms with Crippen molar-refractivity contribution in [1.82, 2.24) is 9.78 Å². The summed E-state index contributed by atoms with van der Waals surface area (Å²) in [5.74, 6) is 0. The van der Waals surface area contributed by atoms with Crippen LogP contribution >= 0.6 is 0 Å². The van der Waals surface area contributed by atoms with Gasteiger partial charge >= 0.3 is 0 Å². The Morgan fingerprint density at radius 2 is 2.00 bits per heavy atom. The summed E-state index contributed by atoms with van der Waals surface area (Å²) in [5.41, 5.74) is 3.25. The van der Waals surface area contributed by atoms with Gasteiger partial charge in [-0.2, -0.15) is 5.10 Å². The largest absolute Gasteiger partial charge is 0.241 e. The molecule has 1 aromatic heterocycles. The highest BCUT2D eigenvalue weighted by Crippen LogP contribution is 2.19. The molecule has 0 radical (unpaired) electrons. The van der Waals surface area contributed by atoms with Gasteiger partial charge in [0.05, 0.1) is 11.4 Å². The third-order valence-corrected chi connectivity index (χ3v) is 2.10. The molecular weight excluding hydrogens is 172 g/mol. The van der Waals surface area contributed by atoms with E-state index in [2.05, 4.69) is 29.9 Å². The summed E-state index contributed by atoms with van der Waals surface area (Å²) < 4.78 is 1.80. The van der Waals surface area contributed by atoms with Gasteiger partial charge in [0.1, 0.15) is 0 Å². The molecule has 1 heterocycles. The Bertz CT molecular complexity index is 441. The molecule has 0 unspecified atom stereocenters. The quantitative estimate of drug-likeness (QED) is 0.701. The lowest BCUT2D eigenvalue weighted by Gasteiger charge is -2.00. The Morgan fingerprint density at radius 3 is 2.64 bits per heavy atom. The Labute approximate surface area is 83.5 Å². The van der Waals surface area contributed by atoms with Crippen LogP contribution < -0.4 is 0 Å². The van der Waals surface area contributed by atoms with E-state index in [1.165, 1.54) is 0 Å². The first-order valence-corrected chi connectivity index (χ1v) is 4.55. The Morgan fingerprint density at radius 1 is 1.29 bits per heavy atom. The number of aromatic nitrogens is 2. The highest BCUT2D eigenvalue weighted by molar-refractivity contribution is 5.62. The van der Waals surface area contributed by atoms with Crippen LogP contribution in [0.25, 0.3) is 17.5 Å². The van der Waals surface area contributed by atoms with Crippen LogP contribution in [0.1, 0.15) is 5.69 Å². The summed E-state index contributed by atoms with van der Waals surface area (Å²) in [4.78, 5) is 0. The number of nitrogens with zero attached hydrogens (tertiary/aromatic N) is 2. The molecule has 0 bridgehead atoms. The molecule has 2 nitrogen and oxygen atoms in total. The molecule has 0 amide bonds. The van der Waals surface area contributed by atoms with Crippen molar-refractivity contribution in [2.24, 2.45) is 0 Å². The first kappa shape index (κ1) is 8.75. The number of rotatable bonds is 2. The fraction of sp³-hybridized carbons (Fsp3) is 0.0833. The van der Waals surface area contributed by atoms with Crippen LogP contribution in [0.4, 0.5) is 0 Å². The average molecular weight is 184 g/mol. The van der Waals surface area contributed by atoms with Crippen LogP contribution in [-0.2, 0) is 0 Å². The normalized spacial score (nSPS) is 10.1. The summed E-state index contributed by atoms with van der Waals surface area (Å²) in [5, 5.41) is 4.30. The van der Waals surface area contributed by atoms with E-state index < -0.39 is 0 Å². The Balaban J connectivity index is 2.56. The lowest BCUT2D eigenvalue weighted by Crippen LogP contribution is -1.91. The predicted molar refractivity (Wildman–Crippen MR) is 58.8 cm³/mol. The molecule has 0 aliphatic carbocycles. The molecule has 14 heavy (non-hydrogen) atoms. The van der Waals surface area contributed by atoms with E-state index in [0.717, 1.165) is 17.0 Å². The molecule has 0 saturated carbocycles. The fourth-order valence-corrected chi connectivity index (χ4v) is 1.48. The topological polar surface area (TPSA) is 17.8 Å². The standard InChI is InChI=1S/C12H12N2/c1-3-14-12(9-10(2)13-14)11-7-5-4-6-8-11/h3-9H,1H2,2H3. The summed E-state index contributed by atoms with van der Waals surface area (Å²) in [6.45, 7) is 5.71. The van der Waals surface area contributed by atoms with Gasteiger partial charge in [0.2, 0.25) is 0 Å². The van der Waals surface area contributed by atoms with Gasteiger partial charge in [-0.15, -0.1) is 0 Å². The van der Waals surface area contributed by atoms with Crippen molar-refractivity contribution in [1.29, 1.82) is 0 Å². The van der Waals surface area contributed by atoms with Crippen LogP contribution in [0.15, 0.2) is 43.0 Å². The van der Waals surface area contributed by atoms with E-state index in [4.69, 9.17) is 0 Å². The van der Waals surface area contributed by atoms with Gasteiger partial charge in [0, 0.05) is 11.8 Å². The lowest BCUT2D eigenvalue weighted by molar-refractivity contribution is 0.919. The van der Waals surface area contributed by atoms with Crippen LogP contribution in [-0.4, -0.2) is 9.78 Å². The number of hydrogen-bond donors (Lipinski definition) is 0. The number of benzene rings is 1. The number of aryl methyl sites for hydroxylation is 1. The Kier molecular flexibility index (Phi) is 2.19. The van der Waals surface area contributed by atoms with Gasteiger partial charge in [-0.1, -0.05) is 36.9 Å². The molecule has 1 aromatic carbocycles. The maximum atomic E-state index is 4.30. The van der Waals surface area contributed by atoms with E-state index in [1.54, 1.807) is 10.9 Å². The lowest BCUT2D eigenvalue weighted by atomic mass is 10.1. The zero-order valence-corrected chi connectivity index (χ0v) is 8.14. The SMILES string of the molecule is C=Cn1nc(C)cc1-c1ccccc1. The molecule has 0 aliphatic rings. The molecule has 0 N–H and O–H groups in total. The smallest absolute Gasteiger partial charge is 0.0736 e. The second kappa shape index (κ2) is 3.50. The molecule has 0 aliphatic heterocycles. The molecule has 0 spiro atoms. The van der Waals surface area contributed by atoms with Gasteiger partial charge in [-0.25, -0.2) is 4.68 Å². The molecule has 0 atom stereocenters. The molecule has 0 saturated heterocycles. The first-order chi connectivity index (χ1) is 6.81. The van der Waals surface area contributed by atoms with E-state index in [1.807, 2.05) is 25.1 Å². The zero-order valence-electron chi connectivity index (χ0n) is 8.14. The minimum atomic E-state index is 1.00. The van der Waals surface area contributed by atoms with Crippen molar-refractivity contribution in [3.05, 3.63) is 48.7 Å². The second-order valence-corrected chi connectivity index (χ2v) is 3.16. The molecule has 2 heteroatoms. The molecule has 2 aromatic rings. The van der Waals surface area contributed by atoms with Gasteiger partial charge in [0.15, 0.2) is 0 Å². The van der Waals surface area contributed by atoms with Crippen molar-refractivity contribution in [3.8, 4) is 11.3 Å². The van der Waals surface area contributed by atoms with Gasteiger partial charge in [-0.05, 0) is 13.0 Å². The average Bonchev–Trinajstić information content (AvgIpc) is 2.61. The van der Waals surface area contributed by atoms with Crippen LogP contribution in [0.3, 0.4) is 0 Å². The van der Waals surface area contributed by atoms with E-state index in [-0.39, 0.29) is 0 Å². The first-order valence-electron chi connectivity index (χ1n) is 4.55. The van der Waals surface area contributed by atoms with Crippen LogP contribution in [0.2, 0.25) is 0 Å². The maximum Gasteiger partial charge on any atom is 0.0736 e. The van der Waals surface area contributed by atoms with Crippen LogP contribution in [0, 0.1) is 6.92 Å². The minimum Gasteiger partial charge on any atom is -0.241 e. The second-order valence-electron chi connectivity index (χ2n) is 3.16. The summed E-state index contributed by atoms with van der Waals surface area (Å²) in [7, 11) is 0. The minimum absolute atomic E-state index is 1.00. The maximum absolute atomic E-state index is 4.30. The summed E-state index contributed by atoms with van der Waals surface area (Å²) in [6, 6.07) is 12.2. The summed E-state index contributed by atoms with van der Waals surface area (Å²) >= 11 is 0. The number of hydrogen-bond acceptors (Lipinski definition) is 1. The predicted octanol–water partition coefficient (Wildman–Crippen LogP) is 2.96. The van der Waals surface area contributed by atoms with E-state index >= 15 is 0 Å². The van der Waals surface area contributed by atoms with E-state index in [9.17, 15) is 0 Å². The van der Waals surface area contributed by atoms with Crippen LogP contribution in [0.5, 0.6) is 0 Å². The molecule has 2 rings (SSSR count). The fourth-order valence-electron chi connectivity index (χ4n) is 1.48. The molecule has 0 fully saturated rings. The van der Waals surface area contributed by atoms with Crippen molar-refractivity contribution in [3.63, 3.8) is 0 Å². The highest BCUT2D eigenvalue weighted by Gasteiger charge is 2.04. The van der Waals surface area contributed by atoms with Gasteiger partial charge < -0.3 is 0 Å².